The number of hydrogen-bond donors (Lipinski definition) is 1. The van der Waals surface area contributed by atoms with Crippen LogP contribution < -0.4 is 5.32 Å². The second-order valence-corrected chi connectivity index (χ2v) is 6.97. The molecule has 0 radical (unpaired) electrons. The molecule has 1 heterocycles. The summed E-state index contributed by atoms with van der Waals surface area (Å²) in [6.07, 6.45) is 2.20. The molecule has 3 nitrogen and oxygen atoms in total. The summed E-state index contributed by atoms with van der Waals surface area (Å²) >= 11 is 0. The van der Waals surface area contributed by atoms with E-state index in [2.05, 4.69) is 71.7 Å². The maximum Gasteiger partial charge on any atom is 0.0693 e. The zero-order valence-electron chi connectivity index (χ0n) is 14.8. The van der Waals surface area contributed by atoms with Crippen molar-refractivity contribution in [2.45, 2.75) is 31.8 Å². The first-order chi connectivity index (χ1) is 11.7. The van der Waals surface area contributed by atoms with Crippen LogP contribution in [0.5, 0.6) is 0 Å². The minimum Gasteiger partial charge on any atom is -0.382 e. The van der Waals surface area contributed by atoms with E-state index in [1.165, 1.54) is 16.8 Å². The van der Waals surface area contributed by atoms with Gasteiger partial charge in [0.2, 0.25) is 0 Å². The molecule has 24 heavy (non-hydrogen) atoms. The lowest BCUT2D eigenvalue weighted by atomic mass is 9.87. The van der Waals surface area contributed by atoms with Crippen LogP contribution in [0.3, 0.4) is 0 Å². The van der Waals surface area contributed by atoms with Crippen molar-refractivity contribution >= 4 is 5.69 Å². The largest absolute Gasteiger partial charge is 0.382 e. The minimum absolute atomic E-state index is 0.0389. The van der Waals surface area contributed by atoms with Crippen molar-refractivity contribution in [3.05, 3.63) is 65.7 Å². The molecule has 1 aliphatic heterocycles. The highest BCUT2D eigenvalue weighted by Crippen LogP contribution is 2.28. The molecule has 0 saturated carbocycles. The number of aryl methyl sites for hydroxylation is 1. The second kappa shape index (κ2) is 7.82. The number of hydrogen-bond acceptors (Lipinski definition) is 3. The van der Waals surface area contributed by atoms with Gasteiger partial charge in [-0.15, -0.1) is 0 Å². The Morgan fingerprint density at radius 2 is 1.67 bits per heavy atom. The number of benzene rings is 2. The van der Waals surface area contributed by atoms with Gasteiger partial charge >= 0.3 is 0 Å². The molecule has 128 valence electrons. The lowest BCUT2D eigenvalue weighted by Gasteiger charge is -2.42. The van der Waals surface area contributed by atoms with E-state index in [1.54, 1.807) is 7.11 Å². The van der Waals surface area contributed by atoms with Gasteiger partial charge in [0, 0.05) is 32.4 Å². The summed E-state index contributed by atoms with van der Waals surface area (Å²) in [6.45, 7) is 6.10. The van der Waals surface area contributed by atoms with E-state index in [1.807, 2.05) is 0 Å². The summed E-state index contributed by atoms with van der Waals surface area (Å²) in [7, 11) is 1.80. The Bertz CT molecular complexity index is 616. The van der Waals surface area contributed by atoms with Crippen LogP contribution >= 0.6 is 0 Å². The van der Waals surface area contributed by atoms with Crippen molar-refractivity contribution in [2.75, 3.05) is 32.1 Å². The van der Waals surface area contributed by atoms with E-state index >= 15 is 0 Å². The van der Waals surface area contributed by atoms with Crippen LogP contribution in [0, 0.1) is 6.92 Å². The molecular formula is C21H28N2O. The molecule has 3 heteroatoms. The van der Waals surface area contributed by atoms with Crippen molar-refractivity contribution < 1.29 is 4.74 Å². The van der Waals surface area contributed by atoms with Crippen LogP contribution in [0.25, 0.3) is 0 Å². The highest BCUT2D eigenvalue weighted by molar-refractivity contribution is 5.47. The predicted octanol–water partition coefficient (Wildman–Crippen LogP) is 4.09. The minimum atomic E-state index is 0.0389. The third-order valence-electron chi connectivity index (χ3n) is 4.94. The second-order valence-electron chi connectivity index (χ2n) is 6.97. The Kier molecular flexibility index (Phi) is 5.54. The molecule has 0 amide bonds. The number of piperidine rings is 1. The molecular weight excluding hydrogens is 296 g/mol. The number of nitrogens with one attached hydrogen (secondary N) is 1. The lowest BCUT2D eigenvalue weighted by Crippen LogP contribution is -2.51. The molecule has 0 unspecified atom stereocenters. The first-order valence-corrected chi connectivity index (χ1v) is 8.79. The van der Waals surface area contributed by atoms with Gasteiger partial charge in [0.25, 0.3) is 0 Å². The Morgan fingerprint density at radius 1 is 1.00 bits per heavy atom. The van der Waals surface area contributed by atoms with Gasteiger partial charge in [0.05, 0.1) is 12.1 Å². The average Bonchev–Trinajstić information content (AvgIpc) is 2.60. The van der Waals surface area contributed by atoms with E-state index in [0.717, 1.165) is 39.1 Å². The van der Waals surface area contributed by atoms with E-state index in [0.29, 0.717) is 0 Å². The Morgan fingerprint density at radius 3 is 2.29 bits per heavy atom. The molecule has 1 fully saturated rings. The molecule has 1 saturated heterocycles. The highest BCUT2D eigenvalue weighted by Gasteiger charge is 2.34. The fraction of sp³-hybridized carbons (Fsp3) is 0.429. The molecule has 0 atom stereocenters. The summed E-state index contributed by atoms with van der Waals surface area (Å²) in [4.78, 5) is 2.54. The number of methoxy groups -OCH3 is 1. The molecule has 0 aromatic heterocycles. The smallest absolute Gasteiger partial charge is 0.0693 e. The Labute approximate surface area is 145 Å². The van der Waals surface area contributed by atoms with Gasteiger partial charge in [0.1, 0.15) is 0 Å². The van der Waals surface area contributed by atoms with E-state index in [4.69, 9.17) is 4.74 Å². The first kappa shape index (κ1) is 17.0. The number of rotatable bonds is 6. The zero-order valence-corrected chi connectivity index (χ0v) is 14.8. The van der Waals surface area contributed by atoms with Crippen molar-refractivity contribution in [1.82, 2.24) is 4.90 Å². The van der Waals surface area contributed by atoms with Gasteiger partial charge in [-0.3, -0.25) is 4.90 Å². The maximum absolute atomic E-state index is 5.55. The van der Waals surface area contributed by atoms with E-state index in [9.17, 15) is 0 Å². The van der Waals surface area contributed by atoms with Gasteiger partial charge in [-0.2, -0.15) is 0 Å². The van der Waals surface area contributed by atoms with Gasteiger partial charge < -0.3 is 10.1 Å². The fourth-order valence-corrected chi connectivity index (χ4v) is 3.51. The highest BCUT2D eigenvalue weighted by atomic mass is 16.5. The van der Waals surface area contributed by atoms with Gasteiger partial charge in [0.15, 0.2) is 0 Å². The molecule has 1 aliphatic rings. The average molecular weight is 324 g/mol. The van der Waals surface area contributed by atoms with Crippen molar-refractivity contribution in [2.24, 2.45) is 0 Å². The number of anilines is 1. The summed E-state index contributed by atoms with van der Waals surface area (Å²) in [6, 6.07) is 19.4. The van der Waals surface area contributed by atoms with Crippen LogP contribution in [0.2, 0.25) is 0 Å². The van der Waals surface area contributed by atoms with Crippen molar-refractivity contribution in [3.63, 3.8) is 0 Å². The summed E-state index contributed by atoms with van der Waals surface area (Å²) in [5.74, 6) is 0. The zero-order chi connectivity index (χ0) is 16.8. The molecule has 0 spiro atoms. The SMILES string of the molecule is COCC1(Nc2ccc(C)cc2)CCN(Cc2ccccc2)CC1. The third-order valence-corrected chi connectivity index (χ3v) is 4.94. The van der Waals surface area contributed by atoms with E-state index < -0.39 is 0 Å². The van der Waals surface area contributed by atoms with E-state index in [-0.39, 0.29) is 5.54 Å². The van der Waals surface area contributed by atoms with Crippen LogP contribution in [-0.2, 0) is 11.3 Å². The molecule has 0 aliphatic carbocycles. The molecule has 1 N–H and O–H groups in total. The van der Waals surface area contributed by atoms with Gasteiger partial charge in [-0.05, 0) is 37.5 Å². The van der Waals surface area contributed by atoms with Crippen molar-refractivity contribution in [1.29, 1.82) is 0 Å². The third kappa shape index (κ3) is 4.37. The van der Waals surface area contributed by atoms with Crippen molar-refractivity contribution in [3.8, 4) is 0 Å². The predicted molar refractivity (Wildman–Crippen MR) is 100 cm³/mol. The standard InChI is InChI=1S/C21H28N2O/c1-18-8-10-20(11-9-18)22-21(17-24-2)12-14-23(15-13-21)16-19-6-4-3-5-7-19/h3-11,22H,12-17H2,1-2H3. The summed E-state index contributed by atoms with van der Waals surface area (Å²) < 4.78 is 5.55. The van der Waals surface area contributed by atoms with Crippen LogP contribution in [0.15, 0.2) is 54.6 Å². The normalized spacial score (nSPS) is 17.6. The Hall–Kier alpha value is -1.84. The van der Waals surface area contributed by atoms with Gasteiger partial charge in [-0.25, -0.2) is 0 Å². The lowest BCUT2D eigenvalue weighted by molar-refractivity contribution is 0.0860. The molecule has 2 aromatic carbocycles. The maximum atomic E-state index is 5.55. The van der Waals surface area contributed by atoms with Crippen LogP contribution in [-0.4, -0.2) is 37.2 Å². The molecule has 3 rings (SSSR count). The number of likely N-dealkylation sites (tertiary alicyclic amines) is 1. The number of nitrogens with zero attached hydrogens (tertiary/aromatic N) is 1. The van der Waals surface area contributed by atoms with Crippen LogP contribution in [0.1, 0.15) is 24.0 Å². The molecule has 0 bridgehead atoms. The van der Waals surface area contributed by atoms with Crippen LogP contribution in [0.4, 0.5) is 5.69 Å². The quantitative estimate of drug-likeness (QED) is 0.866. The number of ether oxygens (including phenoxy) is 1. The molecule has 2 aromatic rings. The Balaban J connectivity index is 1.62. The summed E-state index contributed by atoms with van der Waals surface area (Å²) in [5.41, 5.74) is 3.91. The summed E-state index contributed by atoms with van der Waals surface area (Å²) in [5, 5.41) is 3.76. The first-order valence-electron chi connectivity index (χ1n) is 8.79. The topological polar surface area (TPSA) is 24.5 Å². The monoisotopic (exact) mass is 324 g/mol. The van der Waals surface area contributed by atoms with Gasteiger partial charge in [-0.1, -0.05) is 48.0 Å². The fourth-order valence-electron chi connectivity index (χ4n) is 3.51.